The number of H-pyrrole nitrogens is 1. The van der Waals surface area contributed by atoms with Gasteiger partial charge in [0.1, 0.15) is 11.2 Å². The van der Waals surface area contributed by atoms with E-state index in [2.05, 4.69) is 35.8 Å². The first-order valence-electron chi connectivity index (χ1n) is 11.9. The highest BCUT2D eigenvalue weighted by Gasteiger charge is 2.39. The van der Waals surface area contributed by atoms with E-state index in [0.717, 1.165) is 18.1 Å². The molecule has 0 fully saturated rings. The molecule has 0 aliphatic rings. The standard InChI is InChI=1S/C24H34FN5O3SSi/c1-6-35(7-2,8-3)33-24(4,14-10-11-17(25)16-31)19-12-9-13-20(27-19)30-21-18(22(32)29-30)15-26-23(28-21)34-5/h9,11-13,15,31H,6-8,10,14,16H2,1-5H3,(H,29,32)/b17-11+. The minimum absolute atomic E-state index is 0.294. The molecule has 3 rings (SSSR count). The van der Waals surface area contributed by atoms with Crippen LogP contribution in [0.3, 0.4) is 0 Å². The molecule has 1 atom stereocenters. The fourth-order valence-electron chi connectivity index (χ4n) is 4.25. The molecule has 0 amide bonds. The van der Waals surface area contributed by atoms with Crippen LogP contribution in [0.1, 0.15) is 46.2 Å². The number of aliphatic hydroxyl groups excluding tert-OH is 1. The molecule has 1 unspecified atom stereocenters. The van der Waals surface area contributed by atoms with Crippen LogP contribution in [0.5, 0.6) is 0 Å². The van der Waals surface area contributed by atoms with Gasteiger partial charge in [0.05, 0.1) is 17.9 Å². The van der Waals surface area contributed by atoms with E-state index in [4.69, 9.17) is 14.5 Å². The summed E-state index contributed by atoms with van der Waals surface area (Å²) >= 11 is 1.39. The SMILES string of the molecule is CC[Si](CC)(CC)OC(C)(CC/C=C(/F)CO)c1cccc(-n2[nH]c(=O)c3cnc(SC)nc32)n1. The van der Waals surface area contributed by atoms with Crippen LogP contribution in [0.4, 0.5) is 4.39 Å². The van der Waals surface area contributed by atoms with Crippen LogP contribution in [0.25, 0.3) is 16.9 Å². The summed E-state index contributed by atoms with van der Waals surface area (Å²) in [6.45, 7) is 7.87. The van der Waals surface area contributed by atoms with Crippen molar-refractivity contribution < 1.29 is 13.9 Å². The van der Waals surface area contributed by atoms with Crippen LogP contribution in [0.15, 0.2) is 46.2 Å². The van der Waals surface area contributed by atoms with E-state index in [1.807, 2.05) is 25.3 Å². The van der Waals surface area contributed by atoms with E-state index in [0.29, 0.717) is 40.5 Å². The number of rotatable bonds is 12. The lowest BCUT2D eigenvalue weighted by Crippen LogP contribution is -2.44. The second-order valence-corrected chi connectivity index (χ2v) is 14.1. The number of pyridine rings is 1. The van der Waals surface area contributed by atoms with Gasteiger partial charge in [-0.25, -0.2) is 24.0 Å². The molecule has 0 aliphatic carbocycles. The van der Waals surface area contributed by atoms with Crippen molar-refractivity contribution in [3.63, 3.8) is 0 Å². The maximum atomic E-state index is 13.7. The summed E-state index contributed by atoms with van der Waals surface area (Å²) < 4.78 is 22.2. The van der Waals surface area contributed by atoms with E-state index >= 15 is 0 Å². The van der Waals surface area contributed by atoms with Crippen molar-refractivity contribution in [3.05, 3.63) is 52.3 Å². The van der Waals surface area contributed by atoms with E-state index in [1.165, 1.54) is 24.0 Å². The molecule has 3 aromatic heterocycles. The molecule has 0 saturated heterocycles. The number of hydrogen-bond donors (Lipinski definition) is 2. The molecule has 3 heterocycles. The molecule has 0 bridgehead atoms. The third-order valence-electron chi connectivity index (χ3n) is 6.62. The van der Waals surface area contributed by atoms with E-state index in [1.54, 1.807) is 10.7 Å². The maximum Gasteiger partial charge on any atom is 0.275 e. The monoisotopic (exact) mass is 519 g/mol. The average Bonchev–Trinajstić information content (AvgIpc) is 3.22. The summed E-state index contributed by atoms with van der Waals surface area (Å²) in [6.07, 6.45) is 5.68. The molecule has 35 heavy (non-hydrogen) atoms. The molecule has 0 spiro atoms. The van der Waals surface area contributed by atoms with E-state index in [-0.39, 0.29) is 5.56 Å². The van der Waals surface area contributed by atoms with Crippen molar-refractivity contribution in [1.29, 1.82) is 0 Å². The lowest BCUT2D eigenvalue weighted by atomic mass is 9.95. The summed E-state index contributed by atoms with van der Waals surface area (Å²) in [5.74, 6) is -0.0521. The minimum atomic E-state index is -2.06. The first-order chi connectivity index (χ1) is 16.7. The van der Waals surface area contributed by atoms with Crippen molar-refractivity contribution >= 4 is 31.1 Å². The first kappa shape index (κ1) is 27.2. The van der Waals surface area contributed by atoms with Gasteiger partial charge in [0.2, 0.25) is 0 Å². The predicted octanol–water partition coefficient (Wildman–Crippen LogP) is 5.09. The zero-order valence-electron chi connectivity index (χ0n) is 21.0. The van der Waals surface area contributed by atoms with Crippen molar-refractivity contribution in [2.24, 2.45) is 0 Å². The largest absolute Gasteiger partial charge is 0.406 e. The number of nitrogens with zero attached hydrogens (tertiary/aromatic N) is 4. The lowest BCUT2D eigenvalue weighted by Gasteiger charge is -2.40. The van der Waals surface area contributed by atoms with Gasteiger partial charge >= 0.3 is 0 Å². The Labute approximate surface area is 210 Å². The molecule has 2 N–H and O–H groups in total. The van der Waals surface area contributed by atoms with Gasteiger partial charge in [0, 0.05) is 6.20 Å². The average molecular weight is 520 g/mol. The Morgan fingerprint density at radius 3 is 2.63 bits per heavy atom. The molecule has 11 heteroatoms. The number of aromatic amines is 1. The second-order valence-electron chi connectivity index (χ2n) is 8.68. The van der Waals surface area contributed by atoms with Crippen LogP contribution in [0, 0.1) is 0 Å². The summed E-state index contributed by atoms with van der Waals surface area (Å²) in [7, 11) is -2.06. The van der Waals surface area contributed by atoms with Crippen molar-refractivity contribution in [2.45, 2.75) is 69.4 Å². The Morgan fingerprint density at radius 2 is 2.00 bits per heavy atom. The fourth-order valence-corrected chi connectivity index (χ4v) is 7.68. The quantitative estimate of drug-likeness (QED) is 0.195. The Kier molecular flexibility index (Phi) is 9.03. The molecule has 0 saturated carbocycles. The van der Waals surface area contributed by atoms with Crippen LogP contribution in [0.2, 0.25) is 18.1 Å². The Bertz CT molecular complexity index is 1240. The van der Waals surface area contributed by atoms with Crippen LogP contribution in [-0.2, 0) is 10.0 Å². The van der Waals surface area contributed by atoms with E-state index in [9.17, 15) is 9.18 Å². The number of aromatic nitrogens is 5. The third-order valence-corrected chi connectivity index (χ3v) is 11.9. The number of aliphatic hydroxyl groups is 1. The highest BCUT2D eigenvalue weighted by molar-refractivity contribution is 7.98. The highest BCUT2D eigenvalue weighted by Crippen LogP contribution is 2.37. The number of allylic oxidation sites excluding steroid dienone is 1. The number of thioether (sulfide) groups is 1. The van der Waals surface area contributed by atoms with Crippen LogP contribution < -0.4 is 5.56 Å². The van der Waals surface area contributed by atoms with Gasteiger partial charge in [-0.1, -0.05) is 44.7 Å². The lowest BCUT2D eigenvalue weighted by molar-refractivity contribution is 0.0597. The van der Waals surface area contributed by atoms with Crippen LogP contribution >= 0.6 is 11.8 Å². The van der Waals surface area contributed by atoms with Gasteiger partial charge in [0.15, 0.2) is 24.9 Å². The minimum Gasteiger partial charge on any atom is -0.406 e. The zero-order chi connectivity index (χ0) is 25.6. The van der Waals surface area contributed by atoms with Gasteiger partial charge in [-0.2, -0.15) is 0 Å². The molecular weight excluding hydrogens is 485 g/mol. The van der Waals surface area contributed by atoms with Gasteiger partial charge in [0.25, 0.3) is 5.56 Å². The number of halogens is 1. The number of hydrogen-bond acceptors (Lipinski definition) is 7. The topological polar surface area (TPSA) is 106 Å². The molecule has 190 valence electrons. The predicted molar refractivity (Wildman–Crippen MR) is 140 cm³/mol. The molecule has 3 aromatic rings. The molecule has 0 aliphatic heterocycles. The molecule has 8 nitrogen and oxygen atoms in total. The molecule has 0 aromatic carbocycles. The molecular formula is C24H34FN5O3SSi. The van der Waals surface area contributed by atoms with Crippen molar-refractivity contribution in [2.75, 3.05) is 12.9 Å². The van der Waals surface area contributed by atoms with Gasteiger partial charge in [-0.3, -0.25) is 9.89 Å². The summed E-state index contributed by atoms with van der Waals surface area (Å²) in [4.78, 5) is 26.1. The van der Waals surface area contributed by atoms with Crippen LogP contribution in [-0.4, -0.2) is 51.0 Å². The maximum absolute atomic E-state index is 13.7. The normalized spacial score (nSPS) is 14.4. The van der Waals surface area contributed by atoms with Gasteiger partial charge in [-0.15, -0.1) is 0 Å². The van der Waals surface area contributed by atoms with Gasteiger partial charge < -0.3 is 9.53 Å². The fraction of sp³-hybridized carbons (Fsp3) is 0.500. The smallest absolute Gasteiger partial charge is 0.275 e. The Morgan fingerprint density at radius 1 is 1.29 bits per heavy atom. The summed E-state index contributed by atoms with van der Waals surface area (Å²) in [5, 5.41) is 12.8. The molecule has 0 radical (unpaired) electrons. The first-order valence-corrected chi connectivity index (χ1v) is 15.7. The van der Waals surface area contributed by atoms with E-state index < -0.39 is 26.4 Å². The van der Waals surface area contributed by atoms with Crippen molar-refractivity contribution in [3.8, 4) is 5.82 Å². The summed E-state index contributed by atoms with van der Waals surface area (Å²) in [5.41, 5.74) is 0.0767. The zero-order valence-corrected chi connectivity index (χ0v) is 22.8. The highest BCUT2D eigenvalue weighted by atomic mass is 32.2. The summed E-state index contributed by atoms with van der Waals surface area (Å²) in [6, 6.07) is 8.45. The van der Waals surface area contributed by atoms with Crippen molar-refractivity contribution in [1.82, 2.24) is 24.7 Å². The Hall–Kier alpha value is -2.34. The number of fused-ring (bicyclic) bond motifs is 1. The Balaban J connectivity index is 2.10. The number of nitrogens with one attached hydrogen (secondary N) is 1. The van der Waals surface area contributed by atoms with Gasteiger partial charge in [-0.05, 0) is 56.3 Å². The second kappa shape index (κ2) is 11.6. The third kappa shape index (κ3) is 5.91.